The van der Waals surface area contributed by atoms with Gasteiger partial charge in [-0.2, -0.15) is 0 Å². The van der Waals surface area contributed by atoms with E-state index in [-0.39, 0.29) is 12.5 Å². The second-order valence-electron chi connectivity index (χ2n) is 4.33. The lowest BCUT2D eigenvalue weighted by Crippen LogP contribution is -2.42. The number of hydrogen-bond donors (Lipinski definition) is 1. The third-order valence-electron chi connectivity index (χ3n) is 2.72. The third-order valence-corrected chi connectivity index (χ3v) is 2.72. The topological polar surface area (TPSA) is 58.8 Å². The Morgan fingerprint density at radius 1 is 1.47 bits per heavy atom. The zero-order chi connectivity index (χ0) is 12.4. The number of nitrogens with two attached hydrogens (primary N) is 1. The summed E-state index contributed by atoms with van der Waals surface area (Å²) in [5, 5.41) is 0. The summed E-state index contributed by atoms with van der Waals surface area (Å²) in [4.78, 5) is 15.6. The number of para-hydroxylation sites is 1. The van der Waals surface area contributed by atoms with Gasteiger partial charge >= 0.3 is 0 Å². The van der Waals surface area contributed by atoms with E-state index in [1.165, 1.54) is 0 Å². The maximum atomic E-state index is 11.8. The number of rotatable bonds is 3. The summed E-state index contributed by atoms with van der Waals surface area (Å²) in [6.07, 6.45) is 0. The number of likely N-dealkylation sites (N-methyl/N-ethyl adjacent to an activating group) is 1. The van der Waals surface area contributed by atoms with Crippen molar-refractivity contribution >= 4 is 17.3 Å². The summed E-state index contributed by atoms with van der Waals surface area (Å²) in [5.74, 6) is 0.639. The van der Waals surface area contributed by atoms with Gasteiger partial charge in [-0.3, -0.25) is 4.79 Å². The van der Waals surface area contributed by atoms with Crippen LogP contribution in [0.15, 0.2) is 18.2 Å². The second kappa shape index (κ2) is 4.63. The van der Waals surface area contributed by atoms with Gasteiger partial charge in [0, 0.05) is 13.1 Å². The molecule has 0 fully saturated rings. The Bertz CT molecular complexity index is 432. The number of benzene rings is 1. The van der Waals surface area contributed by atoms with E-state index in [0.717, 1.165) is 6.54 Å². The van der Waals surface area contributed by atoms with Crippen LogP contribution < -0.4 is 15.4 Å². The summed E-state index contributed by atoms with van der Waals surface area (Å²) in [7, 11) is 3.94. The molecule has 1 aliphatic heterocycles. The maximum Gasteiger partial charge on any atom is 0.265 e. The van der Waals surface area contributed by atoms with Gasteiger partial charge in [0.2, 0.25) is 0 Å². The van der Waals surface area contributed by atoms with Crippen LogP contribution in [-0.4, -0.2) is 44.6 Å². The van der Waals surface area contributed by atoms with Gasteiger partial charge in [-0.25, -0.2) is 0 Å². The van der Waals surface area contributed by atoms with Crippen molar-refractivity contribution in [1.82, 2.24) is 4.90 Å². The molecule has 0 bridgehead atoms. The Morgan fingerprint density at radius 2 is 2.24 bits per heavy atom. The molecule has 1 heterocycles. The van der Waals surface area contributed by atoms with Crippen LogP contribution in [0, 0.1) is 0 Å². The monoisotopic (exact) mass is 235 g/mol. The lowest BCUT2D eigenvalue weighted by atomic mass is 10.2. The molecule has 1 aliphatic rings. The van der Waals surface area contributed by atoms with E-state index in [4.69, 9.17) is 10.5 Å². The molecule has 0 radical (unpaired) electrons. The molecule has 1 amide bonds. The molecule has 5 nitrogen and oxygen atoms in total. The van der Waals surface area contributed by atoms with E-state index in [9.17, 15) is 4.79 Å². The Balaban J connectivity index is 2.29. The minimum absolute atomic E-state index is 0.0442. The first-order valence-corrected chi connectivity index (χ1v) is 5.56. The highest BCUT2D eigenvalue weighted by Gasteiger charge is 2.26. The molecule has 2 rings (SSSR count). The van der Waals surface area contributed by atoms with Gasteiger partial charge in [0.1, 0.15) is 11.4 Å². The van der Waals surface area contributed by atoms with Gasteiger partial charge in [-0.15, -0.1) is 0 Å². The quantitative estimate of drug-likeness (QED) is 0.778. The molecule has 0 unspecified atom stereocenters. The van der Waals surface area contributed by atoms with Crippen LogP contribution in [0.1, 0.15) is 0 Å². The number of fused-ring (bicyclic) bond motifs is 1. The highest BCUT2D eigenvalue weighted by atomic mass is 16.5. The molecule has 0 aromatic heterocycles. The predicted molar refractivity (Wildman–Crippen MR) is 67.3 cm³/mol. The van der Waals surface area contributed by atoms with E-state index in [1.807, 2.05) is 31.1 Å². The molecule has 0 saturated heterocycles. The van der Waals surface area contributed by atoms with Gasteiger partial charge < -0.3 is 20.3 Å². The predicted octanol–water partition coefficient (Wildman–Crippen LogP) is 0.556. The van der Waals surface area contributed by atoms with Crippen LogP contribution in [0.5, 0.6) is 5.75 Å². The molecule has 92 valence electrons. The zero-order valence-electron chi connectivity index (χ0n) is 10.1. The van der Waals surface area contributed by atoms with Gasteiger partial charge in [0.25, 0.3) is 5.91 Å². The average Bonchev–Trinajstić information content (AvgIpc) is 2.28. The summed E-state index contributed by atoms with van der Waals surface area (Å²) in [5.41, 5.74) is 7.19. The molecular weight excluding hydrogens is 218 g/mol. The lowest BCUT2D eigenvalue weighted by molar-refractivity contribution is -0.121. The lowest BCUT2D eigenvalue weighted by Gasteiger charge is -2.31. The number of anilines is 2. The summed E-state index contributed by atoms with van der Waals surface area (Å²) in [6.45, 7) is 1.50. The summed E-state index contributed by atoms with van der Waals surface area (Å²) >= 11 is 0. The first-order valence-electron chi connectivity index (χ1n) is 5.56. The number of nitrogen functional groups attached to an aromatic ring is 1. The van der Waals surface area contributed by atoms with Crippen LogP contribution in [0.2, 0.25) is 0 Å². The Hall–Kier alpha value is -1.75. The number of nitrogens with zero attached hydrogens (tertiary/aromatic N) is 2. The van der Waals surface area contributed by atoms with Crippen LogP contribution in [0.25, 0.3) is 0 Å². The zero-order valence-corrected chi connectivity index (χ0v) is 10.1. The van der Waals surface area contributed by atoms with Crippen molar-refractivity contribution in [3.63, 3.8) is 0 Å². The molecule has 1 aromatic rings. The van der Waals surface area contributed by atoms with Crippen molar-refractivity contribution in [2.75, 3.05) is 44.4 Å². The molecule has 0 aliphatic carbocycles. The first kappa shape index (κ1) is 11.7. The van der Waals surface area contributed by atoms with Crippen molar-refractivity contribution in [2.45, 2.75) is 0 Å². The average molecular weight is 235 g/mol. The first-order chi connectivity index (χ1) is 8.09. The molecule has 17 heavy (non-hydrogen) atoms. The second-order valence-corrected chi connectivity index (χ2v) is 4.33. The summed E-state index contributed by atoms with van der Waals surface area (Å²) in [6, 6.07) is 5.44. The van der Waals surface area contributed by atoms with Crippen molar-refractivity contribution < 1.29 is 9.53 Å². The summed E-state index contributed by atoms with van der Waals surface area (Å²) < 4.78 is 5.37. The Morgan fingerprint density at radius 3 is 2.94 bits per heavy atom. The molecule has 2 N–H and O–H groups in total. The van der Waals surface area contributed by atoms with Crippen LogP contribution >= 0.6 is 0 Å². The van der Waals surface area contributed by atoms with Crippen molar-refractivity contribution in [1.29, 1.82) is 0 Å². The third kappa shape index (κ3) is 2.34. The molecule has 0 atom stereocenters. The van der Waals surface area contributed by atoms with Crippen molar-refractivity contribution in [3.8, 4) is 5.75 Å². The number of hydrogen-bond acceptors (Lipinski definition) is 4. The van der Waals surface area contributed by atoms with Gasteiger partial charge in [-0.05, 0) is 26.2 Å². The van der Waals surface area contributed by atoms with E-state index in [1.54, 1.807) is 11.0 Å². The Kier molecular flexibility index (Phi) is 3.19. The van der Waals surface area contributed by atoms with Gasteiger partial charge in [0.15, 0.2) is 6.61 Å². The molecule has 0 spiro atoms. The van der Waals surface area contributed by atoms with E-state index in [2.05, 4.69) is 0 Å². The minimum atomic E-state index is -0.0442. The fourth-order valence-corrected chi connectivity index (χ4v) is 1.82. The largest absolute Gasteiger partial charge is 0.481 e. The van der Waals surface area contributed by atoms with Crippen LogP contribution in [-0.2, 0) is 4.79 Å². The van der Waals surface area contributed by atoms with Crippen LogP contribution in [0.3, 0.4) is 0 Å². The molecule has 5 heteroatoms. The fourth-order valence-electron chi connectivity index (χ4n) is 1.82. The van der Waals surface area contributed by atoms with Crippen molar-refractivity contribution in [2.24, 2.45) is 0 Å². The molecule has 1 aromatic carbocycles. The highest BCUT2D eigenvalue weighted by molar-refractivity contribution is 6.01. The van der Waals surface area contributed by atoms with Crippen molar-refractivity contribution in [3.05, 3.63) is 18.2 Å². The van der Waals surface area contributed by atoms with E-state index >= 15 is 0 Å². The standard InChI is InChI=1S/C12H17N3O2/c1-14(2)6-7-15-11(16)8-17-10-5-3-4-9(13)12(10)15/h3-5H,6-8,13H2,1-2H3. The normalized spacial score (nSPS) is 14.8. The minimum Gasteiger partial charge on any atom is -0.481 e. The maximum absolute atomic E-state index is 11.8. The number of ether oxygens (including phenoxy) is 1. The van der Waals surface area contributed by atoms with Gasteiger partial charge in [0.05, 0.1) is 5.69 Å². The molecule has 0 saturated carbocycles. The van der Waals surface area contributed by atoms with E-state index in [0.29, 0.717) is 23.7 Å². The molecular formula is C12H17N3O2. The highest BCUT2D eigenvalue weighted by Crippen LogP contribution is 2.36. The smallest absolute Gasteiger partial charge is 0.265 e. The number of carbonyl (C=O) groups is 1. The fraction of sp³-hybridized carbons (Fsp3) is 0.417. The van der Waals surface area contributed by atoms with Gasteiger partial charge in [-0.1, -0.05) is 6.07 Å². The van der Waals surface area contributed by atoms with Crippen LogP contribution in [0.4, 0.5) is 11.4 Å². The number of carbonyl (C=O) groups excluding carboxylic acids is 1. The van der Waals surface area contributed by atoms with E-state index < -0.39 is 0 Å². The SMILES string of the molecule is CN(C)CCN1C(=O)COc2cccc(N)c21. The Labute approximate surface area is 101 Å². The number of amides is 1.